The van der Waals surface area contributed by atoms with Crippen molar-refractivity contribution in [3.8, 4) is 0 Å². The van der Waals surface area contributed by atoms with Crippen molar-refractivity contribution in [2.75, 3.05) is 13.6 Å². The SMILES string of the molecule is C=CCc1ccc(C2=NC(c3ccc(CC=C)cc3)(N(CC)/C(=C(\NC)c3ccccc3)c3ccc(CC=C)cc3)N=C2c2ccccc2)cc1. The molecule has 4 heteroatoms. The molecule has 1 atom stereocenters. The topological polar surface area (TPSA) is 40.0 Å². The van der Waals surface area contributed by atoms with Crippen LogP contribution in [0.3, 0.4) is 0 Å². The lowest BCUT2D eigenvalue weighted by molar-refractivity contribution is 0.190. The number of aliphatic imine (C=N–C) groups is 2. The number of hydrogen-bond donors (Lipinski definition) is 1. The molecule has 0 aliphatic carbocycles. The summed E-state index contributed by atoms with van der Waals surface area (Å²) in [5, 5.41) is 3.60. The zero-order valence-electron chi connectivity index (χ0n) is 29.7. The fourth-order valence-corrected chi connectivity index (χ4v) is 6.78. The van der Waals surface area contributed by atoms with E-state index in [2.05, 4.69) is 164 Å². The zero-order chi connectivity index (χ0) is 35.6. The Morgan fingerprint density at radius 2 is 1.04 bits per heavy atom. The van der Waals surface area contributed by atoms with E-state index < -0.39 is 5.79 Å². The molecule has 0 bridgehead atoms. The molecule has 0 saturated carbocycles. The van der Waals surface area contributed by atoms with Crippen LogP contribution >= 0.6 is 0 Å². The van der Waals surface area contributed by atoms with Gasteiger partial charge in [-0.05, 0) is 48.4 Å². The maximum atomic E-state index is 5.77. The highest BCUT2D eigenvalue weighted by molar-refractivity contribution is 6.54. The smallest absolute Gasteiger partial charge is 0.256 e. The summed E-state index contributed by atoms with van der Waals surface area (Å²) < 4.78 is 0. The summed E-state index contributed by atoms with van der Waals surface area (Å²) in [6, 6.07) is 47.1. The molecule has 0 saturated heterocycles. The number of allylic oxidation sites excluding steroid dienone is 3. The molecule has 5 aromatic rings. The first kappa shape index (κ1) is 34.8. The number of hydrogen-bond acceptors (Lipinski definition) is 4. The minimum absolute atomic E-state index is 0.622. The van der Waals surface area contributed by atoms with Crippen LogP contribution in [-0.4, -0.2) is 29.9 Å². The van der Waals surface area contributed by atoms with E-state index in [0.717, 1.165) is 69.9 Å². The van der Waals surface area contributed by atoms with Crippen molar-refractivity contribution < 1.29 is 0 Å². The van der Waals surface area contributed by atoms with Gasteiger partial charge in [-0.3, -0.25) is 0 Å². The predicted octanol–water partition coefficient (Wildman–Crippen LogP) is 10.0. The van der Waals surface area contributed by atoms with Crippen LogP contribution in [-0.2, 0) is 25.0 Å². The fourth-order valence-electron chi connectivity index (χ4n) is 6.78. The second kappa shape index (κ2) is 16.1. The molecule has 0 radical (unpaired) electrons. The Morgan fingerprint density at radius 1 is 0.588 bits per heavy atom. The Kier molecular flexibility index (Phi) is 11.0. The standard InChI is InChI=1S/C47H46N4/c1-6-16-35-23-29-40(30-24-35)44-43(38-19-12-10-13-20-38)49-47(50-44,42-33-27-37(18-8-3)28-34-42)51(9-4)46(41-31-25-36(17-7-2)26-32-41)45(48-5)39-21-14-11-15-22-39/h6-8,10-15,19-34,48H,1-3,9,16-18H2,4-5H3/b46-45-. The highest BCUT2D eigenvalue weighted by Gasteiger charge is 2.45. The van der Waals surface area contributed by atoms with Crippen molar-refractivity contribution in [2.45, 2.75) is 32.0 Å². The summed E-state index contributed by atoms with van der Waals surface area (Å²) in [4.78, 5) is 13.9. The number of benzene rings is 5. The monoisotopic (exact) mass is 666 g/mol. The summed E-state index contributed by atoms with van der Waals surface area (Å²) in [6.07, 6.45) is 8.21. The summed E-state index contributed by atoms with van der Waals surface area (Å²) in [7, 11) is 1.99. The van der Waals surface area contributed by atoms with Crippen molar-refractivity contribution in [3.05, 3.63) is 216 Å². The van der Waals surface area contributed by atoms with E-state index in [4.69, 9.17) is 9.98 Å². The molecule has 1 aliphatic rings. The molecular weight excluding hydrogens is 621 g/mol. The van der Waals surface area contributed by atoms with Crippen LogP contribution in [0.4, 0.5) is 0 Å². The fraction of sp³-hybridized carbons (Fsp3) is 0.149. The molecule has 4 nitrogen and oxygen atoms in total. The molecule has 1 aliphatic heterocycles. The Hall–Kier alpha value is -6.00. The van der Waals surface area contributed by atoms with E-state index in [9.17, 15) is 0 Å². The van der Waals surface area contributed by atoms with Crippen LogP contribution in [0, 0.1) is 0 Å². The molecule has 1 N–H and O–H groups in total. The number of rotatable bonds is 15. The highest BCUT2D eigenvalue weighted by Crippen LogP contribution is 2.44. The molecule has 1 heterocycles. The summed E-state index contributed by atoms with van der Waals surface area (Å²) in [5.41, 5.74) is 12.5. The minimum Gasteiger partial charge on any atom is -0.386 e. The van der Waals surface area contributed by atoms with Crippen molar-refractivity contribution >= 4 is 22.8 Å². The van der Waals surface area contributed by atoms with Gasteiger partial charge in [0.05, 0.1) is 22.8 Å². The van der Waals surface area contributed by atoms with Gasteiger partial charge in [0.25, 0.3) is 5.79 Å². The Balaban J connectivity index is 1.68. The molecule has 6 rings (SSSR count). The van der Waals surface area contributed by atoms with Crippen LogP contribution in [0.2, 0.25) is 0 Å². The van der Waals surface area contributed by atoms with E-state index in [1.165, 1.54) is 16.7 Å². The first-order valence-electron chi connectivity index (χ1n) is 17.7. The Bertz CT molecular complexity index is 2050. The predicted molar refractivity (Wildman–Crippen MR) is 217 cm³/mol. The van der Waals surface area contributed by atoms with Gasteiger partial charge in [-0.2, -0.15) is 0 Å². The van der Waals surface area contributed by atoms with Crippen molar-refractivity contribution in [1.29, 1.82) is 0 Å². The van der Waals surface area contributed by atoms with Gasteiger partial charge < -0.3 is 10.2 Å². The normalized spacial score (nSPS) is 15.6. The van der Waals surface area contributed by atoms with Crippen molar-refractivity contribution in [3.63, 3.8) is 0 Å². The molecule has 51 heavy (non-hydrogen) atoms. The van der Waals surface area contributed by atoms with Gasteiger partial charge in [0.2, 0.25) is 0 Å². The van der Waals surface area contributed by atoms with E-state index in [1.54, 1.807) is 0 Å². The maximum absolute atomic E-state index is 5.77. The van der Waals surface area contributed by atoms with Gasteiger partial charge in [-0.15, -0.1) is 19.7 Å². The van der Waals surface area contributed by atoms with Gasteiger partial charge >= 0.3 is 0 Å². The quantitative estimate of drug-likeness (QED) is 0.0893. The van der Waals surface area contributed by atoms with Crippen LogP contribution < -0.4 is 5.32 Å². The average molecular weight is 667 g/mol. The van der Waals surface area contributed by atoms with Crippen molar-refractivity contribution in [2.24, 2.45) is 9.98 Å². The van der Waals surface area contributed by atoms with E-state index in [1.807, 2.05) is 31.3 Å². The number of nitrogens with one attached hydrogen (secondary N) is 1. The molecular formula is C47H46N4. The van der Waals surface area contributed by atoms with Gasteiger partial charge in [-0.1, -0.05) is 152 Å². The van der Waals surface area contributed by atoms with Gasteiger partial charge in [0.1, 0.15) is 0 Å². The summed E-state index contributed by atoms with van der Waals surface area (Å²) >= 11 is 0. The lowest BCUT2D eigenvalue weighted by Gasteiger charge is -2.40. The summed E-state index contributed by atoms with van der Waals surface area (Å²) in [6.45, 7) is 14.7. The lowest BCUT2D eigenvalue weighted by Crippen LogP contribution is -2.42. The highest BCUT2D eigenvalue weighted by atomic mass is 15.4. The lowest BCUT2D eigenvalue weighted by atomic mass is 9.97. The Labute approximate surface area is 303 Å². The van der Waals surface area contributed by atoms with E-state index in [0.29, 0.717) is 6.54 Å². The maximum Gasteiger partial charge on any atom is 0.256 e. The zero-order valence-corrected chi connectivity index (χ0v) is 29.7. The molecule has 1 unspecified atom stereocenters. The first-order valence-corrected chi connectivity index (χ1v) is 17.7. The molecule has 0 spiro atoms. The second-order valence-corrected chi connectivity index (χ2v) is 12.6. The van der Waals surface area contributed by atoms with Crippen LogP contribution in [0.15, 0.2) is 181 Å². The third-order valence-corrected chi connectivity index (χ3v) is 9.25. The average Bonchev–Trinajstić information content (AvgIpc) is 3.59. The number of nitrogens with zero attached hydrogens (tertiary/aromatic N) is 3. The largest absolute Gasteiger partial charge is 0.386 e. The minimum atomic E-state index is -1.13. The van der Waals surface area contributed by atoms with Crippen LogP contribution in [0.5, 0.6) is 0 Å². The molecule has 5 aromatic carbocycles. The summed E-state index contributed by atoms with van der Waals surface area (Å²) in [5.74, 6) is -1.13. The molecule has 254 valence electrons. The first-order chi connectivity index (χ1) is 25.0. The van der Waals surface area contributed by atoms with Crippen molar-refractivity contribution in [1.82, 2.24) is 10.2 Å². The van der Waals surface area contributed by atoms with Crippen LogP contribution in [0.1, 0.15) is 51.4 Å². The van der Waals surface area contributed by atoms with E-state index >= 15 is 0 Å². The molecule has 0 amide bonds. The second-order valence-electron chi connectivity index (χ2n) is 12.6. The Morgan fingerprint density at radius 3 is 1.51 bits per heavy atom. The third-order valence-electron chi connectivity index (χ3n) is 9.25. The molecule has 0 fully saturated rings. The van der Waals surface area contributed by atoms with Gasteiger partial charge in [0, 0.05) is 35.8 Å². The molecule has 0 aromatic heterocycles. The van der Waals surface area contributed by atoms with E-state index in [-0.39, 0.29) is 0 Å². The van der Waals surface area contributed by atoms with Gasteiger partial charge in [0.15, 0.2) is 0 Å². The van der Waals surface area contributed by atoms with Gasteiger partial charge in [-0.25, -0.2) is 9.98 Å². The third kappa shape index (κ3) is 7.32. The van der Waals surface area contributed by atoms with Crippen LogP contribution in [0.25, 0.3) is 11.4 Å².